The molecule has 0 saturated carbocycles. The van der Waals surface area contributed by atoms with Crippen molar-refractivity contribution in [2.75, 3.05) is 6.61 Å². The molecule has 0 radical (unpaired) electrons. The minimum absolute atomic E-state index is 0.0409. The van der Waals surface area contributed by atoms with E-state index in [2.05, 4.69) is 9.98 Å². The number of Topliss-reactive ketones (excluding diaryl/α,β-unsaturated/α-hetero) is 1. The van der Waals surface area contributed by atoms with Crippen molar-refractivity contribution in [3.05, 3.63) is 63.9 Å². The van der Waals surface area contributed by atoms with Crippen molar-refractivity contribution in [1.29, 1.82) is 0 Å². The van der Waals surface area contributed by atoms with Crippen LogP contribution in [0.3, 0.4) is 0 Å². The molecular weight excluding hydrogens is 388 g/mol. The Labute approximate surface area is 165 Å². The molecule has 2 N–H and O–H groups in total. The number of aliphatic imine (C=N–C) groups is 1. The minimum Gasteiger partial charge on any atom is -0.459 e. The molecular formula is C20H18ClF2N3O2. The van der Waals surface area contributed by atoms with Gasteiger partial charge in [0.15, 0.2) is 17.9 Å². The molecule has 146 valence electrons. The normalized spacial score (nSPS) is 22.9. The lowest BCUT2D eigenvalue weighted by atomic mass is 9.72. The number of alkyl halides is 2. The van der Waals surface area contributed by atoms with E-state index in [-0.39, 0.29) is 30.3 Å². The zero-order valence-corrected chi connectivity index (χ0v) is 15.7. The van der Waals surface area contributed by atoms with Crippen LogP contribution >= 0.6 is 11.6 Å². The van der Waals surface area contributed by atoms with E-state index in [4.69, 9.17) is 22.1 Å². The maximum absolute atomic E-state index is 14.9. The highest BCUT2D eigenvalue weighted by Crippen LogP contribution is 2.50. The molecule has 2 aliphatic rings. The summed E-state index contributed by atoms with van der Waals surface area (Å²) < 4.78 is 34.6. The molecule has 28 heavy (non-hydrogen) atoms. The van der Waals surface area contributed by atoms with Crippen molar-refractivity contribution in [3.63, 3.8) is 0 Å². The number of nitrogens with zero attached hydrogens (tertiary/aromatic N) is 2. The lowest BCUT2D eigenvalue weighted by Crippen LogP contribution is -2.54. The Hall–Kier alpha value is -2.54. The first-order valence-corrected chi connectivity index (χ1v) is 9.31. The Bertz CT molecular complexity index is 962. The fourth-order valence-corrected chi connectivity index (χ4v) is 4.02. The SMILES string of the molecule is NC1=N[C@@]2(CCCc3ccc(CC(=O)c4ccc(Cl)cn4)cc32)C(F)(F)CO1. The number of carbonyl (C=O) groups excluding carboxylic acids is 1. The molecule has 1 aliphatic carbocycles. The van der Waals surface area contributed by atoms with Gasteiger partial charge in [0, 0.05) is 12.6 Å². The van der Waals surface area contributed by atoms with E-state index in [1.165, 1.54) is 6.20 Å². The molecule has 2 aromatic rings. The van der Waals surface area contributed by atoms with Crippen LogP contribution in [0.2, 0.25) is 5.02 Å². The summed E-state index contributed by atoms with van der Waals surface area (Å²) in [6.45, 7) is -0.806. The van der Waals surface area contributed by atoms with Gasteiger partial charge in [0.2, 0.25) is 0 Å². The van der Waals surface area contributed by atoms with Crippen LogP contribution in [0.4, 0.5) is 8.78 Å². The standard InChI is InChI=1S/C20H18ClF2N3O2/c21-14-5-6-16(25-10-14)17(27)9-12-3-4-13-2-1-7-19(15(13)8-12)20(22,23)11-28-18(24)26-19/h3-6,8,10H,1-2,7,9,11H2,(H2,24,26)/t19-/m1/s1. The van der Waals surface area contributed by atoms with E-state index in [9.17, 15) is 13.6 Å². The molecule has 5 nitrogen and oxygen atoms in total. The molecule has 0 bridgehead atoms. The predicted octanol–water partition coefficient (Wildman–Crippen LogP) is 3.67. The van der Waals surface area contributed by atoms with Crippen molar-refractivity contribution < 1.29 is 18.3 Å². The zero-order chi connectivity index (χ0) is 19.9. The van der Waals surface area contributed by atoms with Crippen molar-refractivity contribution in [3.8, 4) is 0 Å². The lowest BCUT2D eigenvalue weighted by molar-refractivity contribution is -0.127. The molecule has 1 atom stereocenters. The van der Waals surface area contributed by atoms with E-state index < -0.39 is 18.1 Å². The van der Waals surface area contributed by atoms with Crippen molar-refractivity contribution in [2.45, 2.75) is 37.1 Å². The largest absolute Gasteiger partial charge is 0.459 e. The molecule has 4 rings (SSSR count). The minimum atomic E-state index is -3.19. The number of carbonyl (C=O) groups is 1. The third-order valence-corrected chi connectivity index (χ3v) is 5.51. The van der Waals surface area contributed by atoms with E-state index in [0.29, 0.717) is 29.0 Å². The van der Waals surface area contributed by atoms with Crippen molar-refractivity contribution in [1.82, 2.24) is 4.98 Å². The van der Waals surface area contributed by atoms with Gasteiger partial charge in [-0.05, 0) is 48.1 Å². The highest BCUT2D eigenvalue weighted by atomic mass is 35.5. The first-order valence-electron chi connectivity index (χ1n) is 8.94. The van der Waals surface area contributed by atoms with Gasteiger partial charge < -0.3 is 10.5 Å². The number of amidine groups is 1. The van der Waals surface area contributed by atoms with Crippen molar-refractivity contribution in [2.24, 2.45) is 10.7 Å². The molecule has 8 heteroatoms. The molecule has 1 aromatic carbocycles. The molecule has 1 spiro atoms. The van der Waals surface area contributed by atoms with Gasteiger partial charge in [-0.25, -0.2) is 4.99 Å². The third-order valence-electron chi connectivity index (χ3n) is 5.29. The highest BCUT2D eigenvalue weighted by molar-refractivity contribution is 6.30. The van der Waals surface area contributed by atoms with Crippen LogP contribution in [0, 0.1) is 0 Å². The number of fused-ring (bicyclic) bond motifs is 2. The number of hydrogen-bond donors (Lipinski definition) is 1. The summed E-state index contributed by atoms with van der Waals surface area (Å²) in [6, 6.07) is 8.14. The van der Waals surface area contributed by atoms with Crippen molar-refractivity contribution >= 4 is 23.4 Å². The fourth-order valence-electron chi connectivity index (χ4n) is 3.90. The maximum atomic E-state index is 14.9. The maximum Gasteiger partial charge on any atom is 0.310 e. The number of benzene rings is 1. The summed E-state index contributed by atoms with van der Waals surface area (Å²) in [5.74, 6) is -3.41. The van der Waals surface area contributed by atoms with Crippen LogP contribution in [0.25, 0.3) is 0 Å². The fraction of sp³-hybridized carbons (Fsp3) is 0.350. The molecule has 1 aliphatic heterocycles. The average Bonchev–Trinajstić information content (AvgIpc) is 2.66. The number of ether oxygens (including phenoxy) is 1. The Balaban J connectivity index is 1.71. The summed E-state index contributed by atoms with van der Waals surface area (Å²) in [5, 5.41) is 0.435. The number of nitrogens with two attached hydrogens (primary N) is 1. The molecule has 0 amide bonds. The number of pyridine rings is 1. The zero-order valence-electron chi connectivity index (χ0n) is 14.9. The van der Waals surface area contributed by atoms with Gasteiger partial charge in [-0.2, -0.15) is 8.78 Å². The van der Waals surface area contributed by atoms with Gasteiger partial charge in [0.25, 0.3) is 6.02 Å². The van der Waals surface area contributed by atoms with E-state index in [1.807, 2.05) is 0 Å². The van der Waals surface area contributed by atoms with Gasteiger partial charge in [-0.3, -0.25) is 9.78 Å². The van der Waals surface area contributed by atoms with Gasteiger partial charge in [0.1, 0.15) is 5.69 Å². The van der Waals surface area contributed by atoms with Crippen LogP contribution in [-0.4, -0.2) is 29.3 Å². The number of ketones is 1. The summed E-state index contributed by atoms with van der Waals surface area (Å²) in [4.78, 5) is 20.6. The van der Waals surface area contributed by atoms with E-state index >= 15 is 0 Å². The number of halogens is 3. The number of aryl methyl sites for hydroxylation is 1. The van der Waals surface area contributed by atoms with Crippen LogP contribution in [0.5, 0.6) is 0 Å². The average molecular weight is 406 g/mol. The topological polar surface area (TPSA) is 77.6 Å². The quantitative estimate of drug-likeness (QED) is 0.790. The Morgan fingerprint density at radius 3 is 2.86 bits per heavy atom. The first kappa shape index (κ1) is 18.8. The molecule has 1 aromatic heterocycles. The third kappa shape index (κ3) is 3.13. The van der Waals surface area contributed by atoms with Crippen LogP contribution in [0.15, 0.2) is 41.5 Å². The second-order valence-electron chi connectivity index (χ2n) is 7.11. The molecule has 0 fully saturated rings. The summed E-state index contributed by atoms with van der Waals surface area (Å²) >= 11 is 5.80. The monoisotopic (exact) mass is 405 g/mol. The lowest BCUT2D eigenvalue weighted by Gasteiger charge is -2.43. The predicted molar refractivity (Wildman–Crippen MR) is 101 cm³/mol. The van der Waals surface area contributed by atoms with E-state index in [1.54, 1.807) is 30.3 Å². The Morgan fingerprint density at radius 2 is 2.11 bits per heavy atom. The van der Waals surface area contributed by atoms with Gasteiger partial charge in [-0.15, -0.1) is 0 Å². The Morgan fingerprint density at radius 1 is 1.29 bits per heavy atom. The molecule has 0 unspecified atom stereocenters. The second-order valence-corrected chi connectivity index (χ2v) is 7.55. The number of hydrogen-bond acceptors (Lipinski definition) is 5. The molecule has 0 saturated heterocycles. The number of aromatic nitrogens is 1. The van der Waals surface area contributed by atoms with Gasteiger partial charge in [0.05, 0.1) is 5.02 Å². The summed E-state index contributed by atoms with van der Waals surface area (Å²) in [5.41, 5.74) is 6.01. The second kappa shape index (κ2) is 6.81. The highest BCUT2D eigenvalue weighted by Gasteiger charge is 2.59. The summed E-state index contributed by atoms with van der Waals surface area (Å²) in [6.07, 6.45) is 2.87. The van der Waals surface area contributed by atoms with Crippen LogP contribution in [0.1, 0.15) is 40.0 Å². The van der Waals surface area contributed by atoms with Gasteiger partial charge in [-0.1, -0.05) is 29.8 Å². The number of rotatable bonds is 3. The van der Waals surface area contributed by atoms with Crippen LogP contribution < -0.4 is 5.73 Å². The smallest absolute Gasteiger partial charge is 0.310 e. The van der Waals surface area contributed by atoms with E-state index in [0.717, 1.165) is 5.56 Å². The van der Waals surface area contributed by atoms with Crippen LogP contribution in [-0.2, 0) is 23.1 Å². The first-order chi connectivity index (χ1) is 13.3. The molecule has 2 heterocycles. The summed E-state index contributed by atoms with van der Waals surface area (Å²) in [7, 11) is 0. The Kier molecular flexibility index (Phi) is 4.57. The van der Waals surface area contributed by atoms with Gasteiger partial charge >= 0.3 is 5.92 Å².